The fourth-order valence-corrected chi connectivity index (χ4v) is 5.54. The molecule has 0 aliphatic carbocycles. The lowest BCUT2D eigenvalue weighted by atomic mass is 9.87. The highest BCUT2D eigenvalue weighted by Crippen LogP contribution is 2.39. The highest BCUT2D eigenvalue weighted by Gasteiger charge is 2.17. The van der Waals surface area contributed by atoms with Gasteiger partial charge in [-0.25, -0.2) is 0 Å². The summed E-state index contributed by atoms with van der Waals surface area (Å²) in [6.07, 6.45) is 0. The van der Waals surface area contributed by atoms with Crippen LogP contribution in [-0.2, 0) is 0 Å². The number of para-hydroxylation sites is 1. The SMILES string of the molecule is N#Cc1c(-c2ccccc2)cc(-c2ccc3oc4c(C#N)cccc4c3c2)cc1-c1ccc(-c2ccccc2)cc1. The maximum Gasteiger partial charge on any atom is 0.153 e. The first-order chi connectivity index (χ1) is 20.2. The number of fused-ring (bicyclic) bond motifs is 3. The maximum atomic E-state index is 10.4. The van der Waals surface area contributed by atoms with E-state index in [9.17, 15) is 10.5 Å². The molecule has 0 atom stereocenters. The Kier molecular flexibility index (Phi) is 5.90. The van der Waals surface area contributed by atoms with Gasteiger partial charge in [-0.1, -0.05) is 103 Å². The zero-order valence-corrected chi connectivity index (χ0v) is 22.0. The minimum Gasteiger partial charge on any atom is -0.455 e. The first-order valence-corrected chi connectivity index (χ1v) is 13.4. The second-order valence-corrected chi connectivity index (χ2v) is 9.97. The Bertz CT molecular complexity index is 2140. The van der Waals surface area contributed by atoms with Crippen LogP contribution in [0.2, 0.25) is 0 Å². The lowest BCUT2D eigenvalue weighted by Gasteiger charge is -2.15. The summed E-state index contributed by atoms with van der Waals surface area (Å²) in [7, 11) is 0. The third-order valence-electron chi connectivity index (χ3n) is 7.59. The number of hydrogen-bond donors (Lipinski definition) is 0. The van der Waals surface area contributed by atoms with Crippen LogP contribution in [0.1, 0.15) is 11.1 Å². The van der Waals surface area contributed by atoms with Gasteiger partial charge in [-0.3, -0.25) is 0 Å². The summed E-state index contributed by atoms with van der Waals surface area (Å²) >= 11 is 0. The third kappa shape index (κ3) is 4.23. The van der Waals surface area contributed by atoms with Gasteiger partial charge in [0.15, 0.2) is 5.58 Å². The van der Waals surface area contributed by atoms with Gasteiger partial charge in [-0.15, -0.1) is 0 Å². The summed E-state index contributed by atoms with van der Waals surface area (Å²) in [6, 6.07) is 49.4. The molecule has 0 unspecified atom stereocenters. The molecule has 0 amide bonds. The molecule has 7 rings (SSSR count). The Balaban J connectivity index is 1.44. The van der Waals surface area contributed by atoms with E-state index in [1.165, 1.54) is 0 Å². The molecule has 190 valence electrons. The fourth-order valence-electron chi connectivity index (χ4n) is 5.54. The highest BCUT2D eigenvalue weighted by molar-refractivity contribution is 6.08. The van der Waals surface area contributed by atoms with Gasteiger partial charge in [-0.05, 0) is 63.7 Å². The molecule has 3 nitrogen and oxygen atoms in total. The molecule has 0 N–H and O–H groups in total. The molecular formula is C38H22N2O. The van der Waals surface area contributed by atoms with Gasteiger partial charge in [0.2, 0.25) is 0 Å². The minimum absolute atomic E-state index is 0.520. The van der Waals surface area contributed by atoms with Crippen molar-refractivity contribution in [3.63, 3.8) is 0 Å². The lowest BCUT2D eigenvalue weighted by Crippen LogP contribution is -1.93. The van der Waals surface area contributed by atoms with Crippen molar-refractivity contribution in [3.8, 4) is 56.6 Å². The predicted molar refractivity (Wildman–Crippen MR) is 165 cm³/mol. The van der Waals surface area contributed by atoms with E-state index in [0.717, 1.165) is 60.9 Å². The molecule has 1 heterocycles. The number of furan rings is 1. The number of rotatable bonds is 4. The summed E-state index contributed by atoms with van der Waals surface area (Å²) in [4.78, 5) is 0. The predicted octanol–water partition coefficient (Wildman–Crippen LogP) is 10.00. The molecule has 0 fully saturated rings. The van der Waals surface area contributed by atoms with Crippen LogP contribution >= 0.6 is 0 Å². The summed E-state index contributed by atoms with van der Waals surface area (Å²) in [5, 5.41) is 21.8. The van der Waals surface area contributed by atoms with Crippen LogP contribution in [0, 0.1) is 22.7 Å². The zero-order valence-electron chi connectivity index (χ0n) is 22.0. The van der Waals surface area contributed by atoms with Gasteiger partial charge in [-0.2, -0.15) is 10.5 Å². The van der Waals surface area contributed by atoms with Crippen LogP contribution < -0.4 is 0 Å². The van der Waals surface area contributed by atoms with Crippen molar-refractivity contribution in [2.75, 3.05) is 0 Å². The molecule has 41 heavy (non-hydrogen) atoms. The Morgan fingerprint density at radius 3 is 1.68 bits per heavy atom. The smallest absolute Gasteiger partial charge is 0.153 e. The van der Waals surface area contributed by atoms with Crippen molar-refractivity contribution in [1.82, 2.24) is 0 Å². The molecular weight excluding hydrogens is 500 g/mol. The molecule has 0 saturated carbocycles. The van der Waals surface area contributed by atoms with Crippen LogP contribution in [0.5, 0.6) is 0 Å². The van der Waals surface area contributed by atoms with E-state index < -0.39 is 0 Å². The molecule has 6 aromatic carbocycles. The normalized spacial score (nSPS) is 10.9. The molecule has 7 aromatic rings. The fraction of sp³-hybridized carbons (Fsp3) is 0. The van der Waals surface area contributed by atoms with Gasteiger partial charge < -0.3 is 4.42 Å². The van der Waals surface area contributed by atoms with Crippen LogP contribution in [-0.4, -0.2) is 0 Å². The Hall–Kier alpha value is -5.90. The first kappa shape index (κ1) is 24.2. The van der Waals surface area contributed by atoms with Gasteiger partial charge in [0.25, 0.3) is 0 Å². The molecule has 1 aromatic heterocycles. The van der Waals surface area contributed by atoms with E-state index in [4.69, 9.17) is 4.42 Å². The molecule has 0 spiro atoms. The van der Waals surface area contributed by atoms with Crippen molar-refractivity contribution in [2.24, 2.45) is 0 Å². The van der Waals surface area contributed by atoms with E-state index in [0.29, 0.717) is 16.7 Å². The molecule has 0 aliphatic rings. The van der Waals surface area contributed by atoms with Gasteiger partial charge in [0.1, 0.15) is 17.7 Å². The van der Waals surface area contributed by atoms with Crippen molar-refractivity contribution in [3.05, 3.63) is 145 Å². The van der Waals surface area contributed by atoms with Crippen molar-refractivity contribution in [1.29, 1.82) is 10.5 Å². The molecule has 3 heteroatoms. The summed E-state index contributed by atoms with van der Waals surface area (Å²) < 4.78 is 6.07. The second kappa shape index (κ2) is 10.0. The number of nitrogens with zero attached hydrogens (tertiary/aromatic N) is 2. The van der Waals surface area contributed by atoms with E-state index in [1.54, 1.807) is 6.07 Å². The summed E-state index contributed by atoms with van der Waals surface area (Å²) in [5.74, 6) is 0. The first-order valence-electron chi connectivity index (χ1n) is 13.4. The van der Waals surface area contributed by atoms with Crippen LogP contribution in [0.4, 0.5) is 0 Å². The summed E-state index contributed by atoms with van der Waals surface area (Å²) in [6.45, 7) is 0. The van der Waals surface area contributed by atoms with Crippen molar-refractivity contribution in [2.45, 2.75) is 0 Å². The largest absolute Gasteiger partial charge is 0.455 e. The average Bonchev–Trinajstić information content (AvgIpc) is 3.43. The average molecular weight is 523 g/mol. The van der Waals surface area contributed by atoms with Crippen molar-refractivity contribution >= 4 is 21.9 Å². The topological polar surface area (TPSA) is 60.7 Å². The maximum absolute atomic E-state index is 10.4. The minimum atomic E-state index is 0.520. The highest BCUT2D eigenvalue weighted by atomic mass is 16.3. The quantitative estimate of drug-likeness (QED) is 0.231. The van der Waals surface area contributed by atoms with Gasteiger partial charge >= 0.3 is 0 Å². The Labute approximate surface area is 237 Å². The summed E-state index contributed by atoms with van der Waals surface area (Å²) in [5.41, 5.74) is 10.5. The Morgan fingerprint density at radius 1 is 0.439 bits per heavy atom. The number of benzene rings is 6. The molecule has 0 saturated heterocycles. The van der Waals surface area contributed by atoms with E-state index in [2.05, 4.69) is 66.7 Å². The standard InChI is InChI=1S/C38H22N2O/c39-23-30-12-7-13-32-35-20-29(18-19-37(35)41-38(30)32)31-21-33(27-10-5-2-6-11-27)36(24-40)34(22-31)28-16-14-26(15-17-28)25-8-3-1-4-9-25/h1-22H. The molecule has 0 bridgehead atoms. The van der Waals surface area contributed by atoms with E-state index in [1.807, 2.05) is 72.8 Å². The zero-order chi connectivity index (χ0) is 27.8. The number of hydrogen-bond acceptors (Lipinski definition) is 3. The molecule has 0 aliphatic heterocycles. The van der Waals surface area contributed by atoms with Gasteiger partial charge in [0.05, 0.1) is 11.1 Å². The van der Waals surface area contributed by atoms with Crippen LogP contribution in [0.3, 0.4) is 0 Å². The second-order valence-electron chi connectivity index (χ2n) is 9.97. The van der Waals surface area contributed by atoms with Crippen molar-refractivity contribution < 1.29 is 4.42 Å². The van der Waals surface area contributed by atoms with E-state index in [-0.39, 0.29) is 0 Å². The molecule has 0 radical (unpaired) electrons. The van der Waals surface area contributed by atoms with Crippen LogP contribution in [0.15, 0.2) is 138 Å². The monoisotopic (exact) mass is 522 g/mol. The number of nitriles is 2. The Morgan fingerprint density at radius 2 is 1.02 bits per heavy atom. The van der Waals surface area contributed by atoms with E-state index >= 15 is 0 Å². The van der Waals surface area contributed by atoms with Crippen LogP contribution in [0.25, 0.3) is 66.4 Å². The lowest BCUT2D eigenvalue weighted by molar-refractivity contribution is 0.667. The van der Waals surface area contributed by atoms with Gasteiger partial charge in [0, 0.05) is 21.9 Å². The third-order valence-corrected chi connectivity index (χ3v) is 7.59.